The quantitative estimate of drug-likeness (QED) is 0.733. The normalized spacial score (nSPS) is 19.7. The summed E-state index contributed by atoms with van der Waals surface area (Å²) in [5, 5.41) is 0. The van der Waals surface area contributed by atoms with Gasteiger partial charge >= 0.3 is 0 Å². The van der Waals surface area contributed by atoms with E-state index in [-0.39, 0.29) is 12.0 Å². The highest BCUT2D eigenvalue weighted by Gasteiger charge is 2.23. The van der Waals surface area contributed by atoms with Crippen LogP contribution < -0.4 is 5.73 Å². The first-order chi connectivity index (χ1) is 8.08. The predicted octanol–water partition coefficient (Wildman–Crippen LogP) is -0.0972. The minimum atomic E-state index is -0.148. The van der Waals surface area contributed by atoms with Crippen molar-refractivity contribution < 1.29 is 9.53 Å². The highest BCUT2D eigenvalue weighted by Crippen LogP contribution is 2.08. The molecule has 0 aromatic rings. The third-order valence-electron chi connectivity index (χ3n) is 3.40. The third-order valence-corrected chi connectivity index (χ3v) is 3.40. The lowest BCUT2D eigenvalue weighted by Crippen LogP contribution is -2.51. The minimum absolute atomic E-state index is 0.148. The molecule has 0 aromatic heterocycles. The van der Waals surface area contributed by atoms with Gasteiger partial charge in [0.15, 0.2) is 0 Å². The van der Waals surface area contributed by atoms with Gasteiger partial charge in [-0.2, -0.15) is 0 Å². The summed E-state index contributed by atoms with van der Waals surface area (Å²) in [6.07, 6.45) is 0.250. The van der Waals surface area contributed by atoms with Crippen LogP contribution >= 0.6 is 0 Å². The molecule has 0 saturated carbocycles. The molecule has 1 heterocycles. The van der Waals surface area contributed by atoms with Crippen molar-refractivity contribution in [1.29, 1.82) is 0 Å². The maximum atomic E-state index is 12.0. The van der Waals surface area contributed by atoms with Crippen LogP contribution in [0, 0.1) is 0 Å². The Kier molecular flexibility index (Phi) is 5.88. The van der Waals surface area contributed by atoms with Crippen LogP contribution in [0.25, 0.3) is 0 Å². The largest absolute Gasteiger partial charge is 0.380 e. The number of carbonyl (C=O) groups excluding carboxylic acids is 1. The van der Waals surface area contributed by atoms with Gasteiger partial charge in [-0.3, -0.25) is 9.69 Å². The second kappa shape index (κ2) is 6.93. The van der Waals surface area contributed by atoms with Crippen molar-refractivity contribution in [3.05, 3.63) is 0 Å². The zero-order chi connectivity index (χ0) is 12.8. The third kappa shape index (κ3) is 4.26. The smallest absolute Gasteiger partial charge is 0.225 e. The highest BCUT2D eigenvalue weighted by atomic mass is 16.5. The second-order valence-electron chi connectivity index (χ2n) is 4.81. The van der Waals surface area contributed by atoms with Crippen LogP contribution in [0.1, 0.15) is 20.3 Å². The summed E-state index contributed by atoms with van der Waals surface area (Å²) >= 11 is 0. The van der Waals surface area contributed by atoms with Gasteiger partial charge < -0.3 is 15.4 Å². The molecule has 1 rings (SSSR count). The van der Waals surface area contributed by atoms with E-state index < -0.39 is 0 Å². The molecule has 1 aliphatic heterocycles. The van der Waals surface area contributed by atoms with Crippen molar-refractivity contribution in [2.75, 3.05) is 39.8 Å². The van der Waals surface area contributed by atoms with Gasteiger partial charge in [0.1, 0.15) is 0 Å². The average Bonchev–Trinajstić information content (AvgIpc) is 2.35. The van der Waals surface area contributed by atoms with Crippen molar-refractivity contribution in [1.82, 2.24) is 9.80 Å². The lowest BCUT2D eigenvalue weighted by atomic mass is 10.2. The molecular weight excluding hydrogens is 218 g/mol. The van der Waals surface area contributed by atoms with E-state index in [9.17, 15) is 4.79 Å². The Morgan fingerprint density at radius 2 is 1.88 bits per heavy atom. The summed E-state index contributed by atoms with van der Waals surface area (Å²) in [5.74, 6) is 0.158. The zero-order valence-corrected chi connectivity index (χ0v) is 11.2. The van der Waals surface area contributed by atoms with E-state index in [0.29, 0.717) is 19.0 Å². The molecular formula is C12H25N3O2. The van der Waals surface area contributed by atoms with Crippen LogP contribution in [-0.2, 0) is 9.53 Å². The van der Waals surface area contributed by atoms with E-state index >= 15 is 0 Å². The Hall–Kier alpha value is -0.650. The fourth-order valence-electron chi connectivity index (χ4n) is 2.07. The molecule has 1 aliphatic rings. The van der Waals surface area contributed by atoms with Crippen molar-refractivity contribution in [3.8, 4) is 0 Å². The van der Waals surface area contributed by atoms with E-state index in [0.717, 1.165) is 26.2 Å². The lowest BCUT2D eigenvalue weighted by molar-refractivity contribution is -0.135. The number of hydrogen-bond acceptors (Lipinski definition) is 4. The molecule has 5 nitrogen and oxygen atoms in total. The second-order valence-corrected chi connectivity index (χ2v) is 4.81. The number of ether oxygens (including phenoxy) is 1. The van der Waals surface area contributed by atoms with Crippen LogP contribution in [0.15, 0.2) is 0 Å². The Morgan fingerprint density at radius 1 is 1.29 bits per heavy atom. The molecule has 1 amide bonds. The summed E-state index contributed by atoms with van der Waals surface area (Å²) in [5.41, 5.74) is 5.52. The monoisotopic (exact) mass is 243 g/mol. The highest BCUT2D eigenvalue weighted by molar-refractivity contribution is 5.76. The number of piperazine rings is 1. The van der Waals surface area contributed by atoms with Gasteiger partial charge in [0, 0.05) is 45.9 Å². The van der Waals surface area contributed by atoms with Gasteiger partial charge in [-0.05, 0) is 13.8 Å². The van der Waals surface area contributed by atoms with Gasteiger partial charge in [0.05, 0.1) is 12.5 Å². The molecule has 1 fully saturated rings. The fourth-order valence-corrected chi connectivity index (χ4v) is 2.07. The van der Waals surface area contributed by atoms with Crippen molar-refractivity contribution in [2.24, 2.45) is 5.73 Å². The molecule has 0 aromatic carbocycles. The molecule has 0 aliphatic carbocycles. The van der Waals surface area contributed by atoms with E-state index in [1.54, 1.807) is 7.11 Å². The van der Waals surface area contributed by atoms with Crippen LogP contribution in [-0.4, -0.2) is 67.7 Å². The maximum Gasteiger partial charge on any atom is 0.225 e. The summed E-state index contributed by atoms with van der Waals surface area (Å²) in [7, 11) is 1.60. The van der Waals surface area contributed by atoms with Gasteiger partial charge in [-0.15, -0.1) is 0 Å². The molecule has 1 atom stereocenters. The van der Waals surface area contributed by atoms with Crippen molar-refractivity contribution in [3.63, 3.8) is 0 Å². The Bertz CT molecular complexity index is 234. The molecule has 17 heavy (non-hydrogen) atoms. The topological polar surface area (TPSA) is 58.8 Å². The number of amides is 1. The van der Waals surface area contributed by atoms with Crippen LogP contribution in [0.5, 0.6) is 0 Å². The van der Waals surface area contributed by atoms with E-state index in [1.165, 1.54) is 0 Å². The summed E-state index contributed by atoms with van der Waals surface area (Å²) in [4.78, 5) is 16.3. The van der Waals surface area contributed by atoms with Crippen molar-refractivity contribution in [2.45, 2.75) is 32.4 Å². The molecule has 0 radical (unpaired) electrons. The number of nitrogens with two attached hydrogens (primary N) is 1. The Balaban J connectivity index is 2.35. The first-order valence-corrected chi connectivity index (χ1v) is 6.33. The fraction of sp³-hybridized carbons (Fsp3) is 0.917. The van der Waals surface area contributed by atoms with E-state index in [4.69, 9.17) is 10.5 Å². The predicted molar refractivity (Wildman–Crippen MR) is 67.8 cm³/mol. The number of methoxy groups -OCH3 is 1. The summed E-state index contributed by atoms with van der Waals surface area (Å²) in [6.45, 7) is 8.33. The SMILES string of the molecule is COC(CN)CC(=O)N1CCN(C(C)C)CC1. The molecule has 2 N–H and O–H groups in total. The Labute approximate surface area is 104 Å². The number of nitrogens with zero attached hydrogens (tertiary/aromatic N) is 2. The number of hydrogen-bond donors (Lipinski definition) is 1. The van der Waals surface area contributed by atoms with Crippen LogP contribution in [0.2, 0.25) is 0 Å². The van der Waals surface area contributed by atoms with E-state index in [2.05, 4.69) is 18.7 Å². The average molecular weight is 243 g/mol. The number of rotatable bonds is 5. The summed E-state index contributed by atoms with van der Waals surface area (Å²) < 4.78 is 5.14. The lowest BCUT2D eigenvalue weighted by Gasteiger charge is -2.37. The number of carbonyl (C=O) groups is 1. The van der Waals surface area contributed by atoms with Crippen LogP contribution in [0.4, 0.5) is 0 Å². The summed E-state index contributed by atoms with van der Waals surface area (Å²) in [6, 6.07) is 0.558. The standard InChI is InChI=1S/C12H25N3O2/c1-10(2)14-4-6-15(7-5-14)12(16)8-11(9-13)17-3/h10-11H,4-9,13H2,1-3H3. The van der Waals surface area contributed by atoms with Gasteiger partial charge in [-0.1, -0.05) is 0 Å². The van der Waals surface area contributed by atoms with E-state index in [1.807, 2.05) is 4.90 Å². The minimum Gasteiger partial charge on any atom is -0.380 e. The molecule has 100 valence electrons. The van der Waals surface area contributed by atoms with Gasteiger partial charge in [0.25, 0.3) is 0 Å². The van der Waals surface area contributed by atoms with Gasteiger partial charge in [0.2, 0.25) is 5.91 Å². The molecule has 1 saturated heterocycles. The zero-order valence-electron chi connectivity index (χ0n) is 11.2. The van der Waals surface area contributed by atoms with Crippen molar-refractivity contribution >= 4 is 5.91 Å². The first-order valence-electron chi connectivity index (χ1n) is 6.33. The Morgan fingerprint density at radius 3 is 2.29 bits per heavy atom. The van der Waals surface area contributed by atoms with Crippen LogP contribution in [0.3, 0.4) is 0 Å². The molecule has 1 unspecified atom stereocenters. The molecule has 0 spiro atoms. The molecule has 5 heteroatoms. The molecule has 0 bridgehead atoms. The van der Waals surface area contributed by atoms with Gasteiger partial charge in [-0.25, -0.2) is 0 Å². The first kappa shape index (κ1) is 14.4. The maximum absolute atomic E-state index is 12.0.